The number of thiazole rings is 1. The number of carbonyl (C=O) groups is 1. The average Bonchev–Trinajstić information content (AvgIpc) is 3.01. The molecule has 1 N–H and O–H groups in total. The van der Waals surface area contributed by atoms with E-state index >= 15 is 0 Å². The fourth-order valence-corrected chi connectivity index (χ4v) is 4.04. The number of amides is 1. The van der Waals surface area contributed by atoms with Crippen LogP contribution in [0.5, 0.6) is 5.75 Å². The summed E-state index contributed by atoms with van der Waals surface area (Å²) in [5, 5.41) is 3.11. The molecule has 8 heteroatoms. The standard InChI is InChI=1S/C19H18N2O4S2/c1-3-25-16-7-5-4-6-13(16)8-11-18(22)21-19-20-15-10-9-14(27(2,23)24)12-17(15)26-19/h4-12H,3H2,1-2H3,(H,20,21,22)/b11-8+. The van der Waals surface area contributed by atoms with Crippen LogP contribution < -0.4 is 10.1 Å². The van der Waals surface area contributed by atoms with Gasteiger partial charge < -0.3 is 4.74 Å². The third-order valence-corrected chi connectivity index (χ3v) is 5.70. The molecular weight excluding hydrogens is 384 g/mol. The summed E-state index contributed by atoms with van der Waals surface area (Å²) in [6.07, 6.45) is 4.24. The van der Waals surface area contributed by atoms with Gasteiger partial charge >= 0.3 is 0 Å². The molecule has 1 heterocycles. The summed E-state index contributed by atoms with van der Waals surface area (Å²) in [7, 11) is -3.29. The zero-order valence-corrected chi connectivity index (χ0v) is 16.4. The number of rotatable bonds is 6. The second-order valence-electron chi connectivity index (χ2n) is 5.71. The van der Waals surface area contributed by atoms with Crippen molar-refractivity contribution in [3.05, 3.63) is 54.1 Å². The number of benzene rings is 2. The molecule has 3 aromatic rings. The van der Waals surface area contributed by atoms with E-state index in [-0.39, 0.29) is 10.8 Å². The summed E-state index contributed by atoms with van der Waals surface area (Å²) >= 11 is 1.22. The second-order valence-corrected chi connectivity index (χ2v) is 8.76. The molecule has 2 aromatic carbocycles. The molecule has 27 heavy (non-hydrogen) atoms. The summed E-state index contributed by atoms with van der Waals surface area (Å²) in [6, 6.07) is 12.1. The van der Waals surface area contributed by atoms with Gasteiger partial charge in [0.1, 0.15) is 5.75 Å². The zero-order chi connectivity index (χ0) is 19.4. The maximum atomic E-state index is 12.2. The number of carbonyl (C=O) groups excluding carboxylic acids is 1. The molecule has 0 fully saturated rings. The third-order valence-electron chi connectivity index (χ3n) is 3.65. The maximum Gasteiger partial charge on any atom is 0.250 e. The monoisotopic (exact) mass is 402 g/mol. The average molecular weight is 402 g/mol. The van der Waals surface area contributed by atoms with Crippen LogP contribution in [-0.2, 0) is 14.6 Å². The minimum atomic E-state index is -3.29. The molecule has 0 aliphatic rings. The highest BCUT2D eigenvalue weighted by atomic mass is 32.2. The summed E-state index contributed by atoms with van der Waals surface area (Å²) in [5.41, 5.74) is 1.44. The molecule has 3 rings (SSSR count). The van der Waals surface area contributed by atoms with Crippen molar-refractivity contribution in [1.82, 2.24) is 4.98 Å². The normalized spacial score (nSPS) is 11.8. The van der Waals surface area contributed by atoms with Crippen LogP contribution in [0.4, 0.5) is 5.13 Å². The highest BCUT2D eigenvalue weighted by molar-refractivity contribution is 7.90. The van der Waals surface area contributed by atoms with Crippen molar-refractivity contribution in [2.75, 3.05) is 18.2 Å². The molecule has 0 aliphatic heterocycles. The van der Waals surface area contributed by atoms with Crippen LogP contribution in [-0.4, -0.2) is 32.2 Å². The lowest BCUT2D eigenvalue weighted by Crippen LogP contribution is -2.07. The summed E-state index contributed by atoms with van der Waals surface area (Å²) in [5.74, 6) is 0.376. The number of ether oxygens (including phenoxy) is 1. The Balaban J connectivity index is 1.76. The molecule has 140 valence electrons. The Labute approximate surface area is 161 Å². The predicted molar refractivity (Wildman–Crippen MR) is 108 cm³/mol. The van der Waals surface area contributed by atoms with Crippen molar-refractivity contribution in [3.8, 4) is 5.75 Å². The van der Waals surface area contributed by atoms with Crippen LogP contribution in [0.3, 0.4) is 0 Å². The van der Waals surface area contributed by atoms with Gasteiger partial charge in [-0.15, -0.1) is 0 Å². The van der Waals surface area contributed by atoms with Gasteiger partial charge in [0.05, 0.1) is 21.7 Å². The van der Waals surface area contributed by atoms with Gasteiger partial charge in [0.15, 0.2) is 15.0 Å². The number of nitrogens with zero attached hydrogens (tertiary/aromatic N) is 1. The smallest absolute Gasteiger partial charge is 0.250 e. The largest absolute Gasteiger partial charge is 0.493 e. The van der Waals surface area contributed by atoms with Crippen molar-refractivity contribution in [3.63, 3.8) is 0 Å². The van der Waals surface area contributed by atoms with Crippen LogP contribution in [0.1, 0.15) is 12.5 Å². The number of para-hydroxylation sites is 1. The van der Waals surface area contributed by atoms with E-state index in [0.29, 0.717) is 27.7 Å². The van der Waals surface area contributed by atoms with Gasteiger partial charge in [0.2, 0.25) is 5.91 Å². The van der Waals surface area contributed by atoms with Crippen LogP contribution in [0.2, 0.25) is 0 Å². The summed E-state index contributed by atoms with van der Waals surface area (Å²) in [6.45, 7) is 2.44. The highest BCUT2D eigenvalue weighted by Gasteiger charge is 2.11. The molecule has 1 aromatic heterocycles. The van der Waals surface area contributed by atoms with Gasteiger partial charge in [-0.2, -0.15) is 0 Å². The van der Waals surface area contributed by atoms with Crippen molar-refractivity contribution < 1.29 is 17.9 Å². The number of nitrogens with one attached hydrogen (secondary N) is 1. The Morgan fingerprint density at radius 2 is 2.04 bits per heavy atom. The van der Waals surface area contributed by atoms with Crippen LogP contribution in [0.25, 0.3) is 16.3 Å². The first-order chi connectivity index (χ1) is 12.9. The summed E-state index contributed by atoms with van der Waals surface area (Å²) < 4.78 is 29.5. The number of fused-ring (bicyclic) bond motifs is 1. The lowest BCUT2D eigenvalue weighted by Gasteiger charge is -2.06. The molecule has 0 aliphatic carbocycles. The topological polar surface area (TPSA) is 85.4 Å². The molecule has 6 nitrogen and oxygen atoms in total. The van der Waals surface area contributed by atoms with Gasteiger partial charge in [0.25, 0.3) is 0 Å². The Hall–Kier alpha value is -2.71. The van der Waals surface area contributed by atoms with Crippen LogP contribution in [0, 0.1) is 0 Å². The quantitative estimate of drug-likeness (QED) is 0.635. The van der Waals surface area contributed by atoms with Crippen LogP contribution in [0.15, 0.2) is 53.4 Å². The molecular formula is C19H18N2O4S2. The van der Waals surface area contributed by atoms with Gasteiger partial charge in [0, 0.05) is 17.9 Å². The van der Waals surface area contributed by atoms with Crippen molar-refractivity contribution in [2.24, 2.45) is 0 Å². The molecule has 0 spiro atoms. The Morgan fingerprint density at radius 1 is 1.26 bits per heavy atom. The maximum absolute atomic E-state index is 12.2. The Kier molecular flexibility index (Phi) is 5.57. The van der Waals surface area contributed by atoms with E-state index in [1.165, 1.54) is 23.5 Å². The molecule has 0 saturated carbocycles. The SMILES string of the molecule is CCOc1ccccc1/C=C/C(=O)Nc1nc2ccc(S(C)(=O)=O)cc2s1. The summed E-state index contributed by atoms with van der Waals surface area (Å²) in [4.78, 5) is 16.7. The number of hydrogen-bond acceptors (Lipinski definition) is 6. The fraction of sp³-hybridized carbons (Fsp3) is 0.158. The van der Waals surface area contributed by atoms with Crippen molar-refractivity contribution in [1.29, 1.82) is 0 Å². The fourth-order valence-electron chi connectivity index (χ4n) is 2.41. The van der Waals surface area contributed by atoms with E-state index in [1.807, 2.05) is 31.2 Å². The van der Waals surface area contributed by atoms with E-state index in [0.717, 1.165) is 11.8 Å². The number of aromatic nitrogens is 1. The number of anilines is 1. The van der Waals surface area contributed by atoms with Gasteiger partial charge in [-0.3, -0.25) is 10.1 Å². The number of sulfone groups is 1. The first kappa shape index (κ1) is 19.1. The minimum Gasteiger partial charge on any atom is -0.493 e. The van der Waals surface area contributed by atoms with Gasteiger partial charge in [-0.25, -0.2) is 13.4 Å². The lowest BCUT2D eigenvalue weighted by atomic mass is 10.2. The predicted octanol–water partition coefficient (Wildman–Crippen LogP) is 3.75. The molecule has 0 unspecified atom stereocenters. The Morgan fingerprint density at radius 3 is 2.78 bits per heavy atom. The van der Waals surface area contributed by atoms with E-state index in [2.05, 4.69) is 10.3 Å². The van der Waals surface area contributed by atoms with Crippen LogP contribution >= 0.6 is 11.3 Å². The molecule has 1 amide bonds. The highest BCUT2D eigenvalue weighted by Crippen LogP contribution is 2.28. The van der Waals surface area contributed by atoms with E-state index in [4.69, 9.17) is 4.74 Å². The van der Waals surface area contributed by atoms with Crippen molar-refractivity contribution >= 4 is 48.5 Å². The minimum absolute atomic E-state index is 0.226. The van der Waals surface area contributed by atoms with Gasteiger partial charge in [-0.05, 0) is 37.3 Å². The second kappa shape index (κ2) is 7.89. The first-order valence-electron chi connectivity index (χ1n) is 8.18. The molecule has 0 saturated heterocycles. The number of hydrogen-bond donors (Lipinski definition) is 1. The first-order valence-corrected chi connectivity index (χ1v) is 10.9. The van der Waals surface area contributed by atoms with Gasteiger partial charge in [-0.1, -0.05) is 29.5 Å². The molecule has 0 bridgehead atoms. The molecule has 0 atom stereocenters. The third kappa shape index (κ3) is 4.72. The van der Waals surface area contributed by atoms with E-state index in [1.54, 1.807) is 18.2 Å². The zero-order valence-electron chi connectivity index (χ0n) is 14.8. The molecule has 0 radical (unpaired) electrons. The van der Waals surface area contributed by atoms with E-state index in [9.17, 15) is 13.2 Å². The van der Waals surface area contributed by atoms with E-state index < -0.39 is 9.84 Å². The lowest BCUT2D eigenvalue weighted by molar-refractivity contribution is -0.111. The van der Waals surface area contributed by atoms with Crippen molar-refractivity contribution in [2.45, 2.75) is 11.8 Å². The Bertz CT molecular complexity index is 1120.